The lowest BCUT2D eigenvalue weighted by Crippen LogP contribution is -2.08. The fraction of sp³-hybridized carbons (Fsp3) is 0. The number of carbonyl (C=O) groups is 1. The van der Waals surface area contributed by atoms with E-state index in [0.717, 1.165) is 4.88 Å². The van der Waals surface area contributed by atoms with Crippen LogP contribution >= 0.6 is 11.3 Å². The first kappa shape index (κ1) is 9.60. The van der Waals surface area contributed by atoms with E-state index < -0.39 is 0 Å². The molecule has 0 spiro atoms. The molecule has 0 fully saturated rings. The van der Waals surface area contributed by atoms with E-state index in [1.165, 1.54) is 12.4 Å². The minimum Gasteiger partial charge on any atom is -0.291 e. The Balaban J connectivity index is 1.93. The summed E-state index contributed by atoms with van der Waals surface area (Å²) in [4.78, 5) is 16.1. The molecule has 0 aliphatic rings. The number of aromatic nitrogens is 3. The van der Waals surface area contributed by atoms with Gasteiger partial charge in [0.05, 0.1) is 0 Å². The lowest BCUT2D eigenvalue weighted by atomic mass is 10.4. The smallest absolute Gasteiger partial charge is 0.250 e. The summed E-state index contributed by atoms with van der Waals surface area (Å²) in [5.41, 5.74) is 0. The number of anilines is 1. The van der Waals surface area contributed by atoms with Crippen molar-refractivity contribution in [1.29, 1.82) is 0 Å². The van der Waals surface area contributed by atoms with Crippen molar-refractivity contribution in [3.05, 3.63) is 34.8 Å². The van der Waals surface area contributed by atoms with Gasteiger partial charge in [-0.25, -0.2) is 5.10 Å². The molecule has 0 saturated heterocycles. The molecule has 0 aliphatic heterocycles. The molecule has 0 aliphatic carbocycles. The highest BCUT2D eigenvalue weighted by Crippen LogP contribution is 2.10. The van der Waals surface area contributed by atoms with Crippen LogP contribution in [0.4, 0.5) is 5.95 Å². The molecule has 0 saturated carbocycles. The SMILES string of the molecule is O=C(/C=C/c1cccs1)Nc1ncn[nH]1. The molecule has 2 aromatic heterocycles. The highest BCUT2D eigenvalue weighted by atomic mass is 32.1. The molecule has 0 bridgehead atoms. The van der Waals surface area contributed by atoms with E-state index in [0.29, 0.717) is 5.95 Å². The number of aromatic amines is 1. The average molecular weight is 220 g/mol. The Hall–Kier alpha value is -1.95. The van der Waals surface area contributed by atoms with Crippen LogP contribution in [0.2, 0.25) is 0 Å². The minimum absolute atomic E-state index is 0.236. The summed E-state index contributed by atoms with van der Waals surface area (Å²) in [7, 11) is 0. The number of hydrogen-bond acceptors (Lipinski definition) is 4. The summed E-state index contributed by atoms with van der Waals surface area (Å²) in [6, 6.07) is 3.86. The number of H-pyrrole nitrogens is 1. The summed E-state index contributed by atoms with van der Waals surface area (Å²) < 4.78 is 0. The maximum absolute atomic E-state index is 11.3. The van der Waals surface area contributed by atoms with Gasteiger partial charge in [-0.3, -0.25) is 10.1 Å². The Kier molecular flexibility index (Phi) is 2.89. The Morgan fingerprint density at radius 2 is 2.53 bits per heavy atom. The fourth-order valence-corrected chi connectivity index (χ4v) is 1.59. The first-order valence-corrected chi connectivity index (χ1v) is 5.10. The van der Waals surface area contributed by atoms with Gasteiger partial charge in [-0.2, -0.15) is 10.1 Å². The third-order valence-corrected chi connectivity index (χ3v) is 2.44. The molecular weight excluding hydrogens is 212 g/mol. The molecule has 0 radical (unpaired) electrons. The Morgan fingerprint density at radius 1 is 1.60 bits per heavy atom. The number of amides is 1. The second kappa shape index (κ2) is 4.52. The molecule has 15 heavy (non-hydrogen) atoms. The Morgan fingerprint density at radius 3 is 3.20 bits per heavy atom. The maximum atomic E-state index is 11.3. The number of carbonyl (C=O) groups excluding carboxylic acids is 1. The molecule has 2 aromatic rings. The number of thiophene rings is 1. The van der Waals surface area contributed by atoms with E-state index in [9.17, 15) is 4.79 Å². The minimum atomic E-state index is -0.236. The van der Waals surface area contributed by atoms with E-state index in [2.05, 4.69) is 20.5 Å². The summed E-state index contributed by atoms with van der Waals surface area (Å²) >= 11 is 1.57. The van der Waals surface area contributed by atoms with Crippen LogP contribution in [-0.4, -0.2) is 21.1 Å². The van der Waals surface area contributed by atoms with Gasteiger partial charge < -0.3 is 0 Å². The maximum Gasteiger partial charge on any atom is 0.250 e. The van der Waals surface area contributed by atoms with Gasteiger partial charge in [-0.15, -0.1) is 11.3 Å². The molecular formula is C9H8N4OS. The van der Waals surface area contributed by atoms with Crippen LogP contribution < -0.4 is 5.32 Å². The van der Waals surface area contributed by atoms with E-state index in [1.807, 2.05) is 17.5 Å². The zero-order valence-electron chi connectivity index (χ0n) is 7.68. The molecule has 0 unspecified atom stereocenters. The third-order valence-electron chi connectivity index (χ3n) is 1.60. The molecule has 2 heterocycles. The molecule has 6 heteroatoms. The van der Waals surface area contributed by atoms with Crippen LogP contribution in [0.15, 0.2) is 29.9 Å². The zero-order chi connectivity index (χ0) is 10.5. The van der Waals surface area contributed by atoms with Crippen LogP contribution in [0.3, 0.4) is 0 Å². The van der Waals surface area contributed by atoms with E-state index in [1.54, 1.807) is 17.4 Å². The van der Waals surface area contributed by atoms with Crippen molar-refractivity contribution in [2.24, 2.45) is 0 Å². The standard InChI is InChI=1S/C9H8N4OS/c14-8(12-9-10-6-11-13-9)4-3-7-2-1-5-15-7/h1-6H,(H2,10,11,12,13,14)/b4-3+. The topological polar surface area (TPSA) is 70.7 Å². The van der Waals surface area contributed by atoms with Gasteiger partial charge in [0, 0.05) is 11.0 Å². The van der Waals surface area contributed by atoms with Crippen molar-refractivity contribution in [1.82, 2.24) is 15.2 Å². The van der Waals surface area contributed by atoms with E-state index in [4.69, 9.17) is 0 Å². The van der Waals surface area contributed by atoms with Crippen LogP contribution in [0.1, 0.15) is 4.88 Å². The molecule has 2 N–H and O–H groups in total. The van der Waals surface area contributed by atoms with Crippen molar-refractivity contribution in [3.63, 3.8) is 0 Å². The van der Waals surface area contributed by atoms with Crippen molar-refractivity contribution < 1.29 is 4.79 Å². The lowest BCUT2D eigenvalue weighted by molar-refractivity contribution is -0.111. The normalized spacial score (nSPS) is 10.7. The Labute approximate surface area is 89.9 Å². The van der Waals surface area contributed by atoms with Crippen molar-refractivity contribution in [2.75, 3.05) is 5.32 Å². The van der Waals surface area contributed by atoms with Crippen molar-refractivity contribution in [3.8, 4) is 0 Å². The number of hydrogen-bond donors (Lipinski definition) is 2. The molecule has 2 rings (SSSR count). The monoisotopic (exact) mass is 220 g/mol. The third kappa shape index (κ3) is 2.75. The molecule has 1 amide bonds. The molecule has 76 valence electrons. The van der Waals surface area contributed by atoms with Gasteiger partial charge in [-0.1, -0.05) is 6.07 Å². The van der Waals surface area contributed by atoms with Crippen molar-refractivity contribution >= 4 is 29.3 Å². The molecule has 5 nitrogen and oxygen atoms in total. The summed E-state index contributed by atoms with van der Waals surface area (Å²) in [5, 5.41) is 10.6. The summed E-state index contributed by atoms with van der Waals surface area (Å²) in [5.74, 6) is 0.107. The van der Waals surface area contributed by atoms with Gasteiger partial charge in [0.1, 0.15) is 6.33 Å². The number of rotatable bonds is 3. The highest BCUT2D eigenvalue weighted by Gasteiger charge is 1.98. The Bertz CT molecular complexity index is 446. The van der Waals surface area contributed by atoms with Crippen molar-refractivity contribution in [2.45, 2.75) is 0 Å². The quantitative estimate of drug-likeness (QED) is 0.770. The summed E-state index contributed by atoms with van der Waals surface area (Å²) in [6.45, 7) is 0. The predicted molar refractivity (Wildman–Crippen MR) is 58.4 cm³/mol. The average Bonchev–Trinajstić information content (AvgIpc) is 2.86. The van der Waals surface area contributed by atoms with Gasteiger partial charge in [0.2, 0.25) is 5.95 Å². The fourth-order valence-electron chi connectivity index (χ4n) is 0.968. The van der Waals surface area contributed by atoms with Gasteiger partial charge >= 0.3 is 0 Å². The molecule has 0 atom stereocenters. The second-order valence-corrected chi connectivity index (χ2v) is 3.65. The van der Waals surface area contributed by atoms with Gasteiger partial charge in [-0.05, 0) is 17.5 Å². The second-order valence-electron chi connectivity index (χ2n) is 2.67. The van der Waals surface area contributed by atoms with E-state index in [-0.39, 0.29) is 5.91 Å². The van der Waals surface area contributed by atoms with E-state index >= 15 is 0 Å². The van der Waals surface area contributed by atoms with Crippen LogP contribution in [-0.2, 0) is 4.79 Å². The zero-order valence-corrected chi connectivity index (χ0v) is 8.49. The molecule has 0 aromatic carbocycles. The van der Waals surface area contributed by atoms with Gasteiger partial charge in [0.25, 0.3) is 5.91 Å². The van der Waals surface area contributed by atoms with Crippen LogP contribution in [0, 0.1) is 0 Å². The first-order chi connectivity index (χ1) is 7.34. The van der Waals surface area contributed by atoms with Gasteiger partial charge in [0.15, 0.2) is 0 Å². The largest absolute Gasteiger partial charge is 0.291 e. The first-order valence-electron chi connectivity index (χ1n) is 4.22. The number of nitrogens with zero attached hydrogens (tertiary/aromatic N) is 2. The van der Waals surface area contributed by atoms with Crippen LogP contribution in [0.25, 0.3) is 6.08 Å². The number of nitrogens with one attached hydrogen (secondary N) is 2. The summed E-state index contributed by atoms with van der Waals surface area (Å²) in [6.07, 6.45) is 4.53. The predicted octanol–water partition coefficient (Wildman–Crippen LogP) is 1.52. The highest BCUT2D eigenvalue weighted by molar-refractivity contribution is 7.10. The lowest BCUT2D eigenvalue weighted by Gasteiger charge is -1.93. The van der Waals surface area contributed by atoms with Crippen LogP contribution in [0.5, 0.6) is 0 Å².